The molecule has 1 atom stereocenters. The molecular formula is C14H23N3. The van der Waals surface area contributed by atoms with Gasteiger partial charge in [0.05, 0.1) is 11.7 Å². The fourth-order valence-electron chi connectivity index (χ4n) is 2.81. The van der Waals surface area contributed by atoms with Gasteiger partial charge in [-0.05, 0) is 19.4 Å². The molecule has 17 heavy (non-hydrogen) atoms. The number of nitrogens with zero attached hydrogens (tertiary/aromatic N) is 2. The standard InChI is InChI=1S/C14H23N3/c1-15-13(14-11-16-8-9-17-14)10-12-6-4-2-3-5-7-12/h8-9,11-13,15H,2-7,10H2,1H3. The van der Waals surface area contributed by atoms with Crippen molar-refractivity contribution >= 4 is 0 Å². The average molecular weight is 233 g/mol. The number of nitrogens with one attached hydrogen (secondary N) is 1. The molecule has 1 heterocycles. The number of hydrogen-bond donors (Lipinski definition) is 1. The van der Waals surface area contributed by atoms with E-state index in [1.807, 2.05) is 13.2 Å². The molecule has 0 saturated heterocycles. The third kappa shape index (κ3) is 3.77. The highest BCUT2D eigenvalue weighted by Crippen LogP contribution is 2.30. The van der Waals surface area contributed by atoms with Crippen molar-refractivity contribution in [1.29, 1.82) is 0 Å². The summed E-state index contributed by atoms with van der Waals surface area (Å²) in [6, 6.07) is 0.367. The summed E-state index contributed by atoms with van der Waals surface area (Å²) in [5.74, 6) is 0.858. The summed E-state index contributed by atoms with van der Waals surface area (Å²) in [7, 11) is 2.02. The van der Waals surface area contributed by atoms with Crippen LogP contribution in [0.4, 0.5) is 0 Å². The highest BCUT2D eigenvalue weighted by Gasteiger charge is 2.19. The van der Waals surface area contributed by atoms with Crippen LogP contribution in [0.25, 0.3) is 0 Å². The van der Waals surface area contributed by atoms with E-state index >= 15 is 0 Å². The van der Waals surface area contributed by atoms with E-state index in [-0.39, 0.29) is 0 Å². The summed E-state index contributed by atoms with van der Waals surface area (Å²) in [5, 5.41) is 3.38. The Hall–Kier alpha value is -0.960. The highest BCUT2D eigenvalue weighted by molar-refractivity contribution is 5.02. The van der Waals surface area contributed by atoms with Crippen LogP contribution < -0.4 is 5.32 Å². The second-order valence-corrected chi connectivity index (χ2v) is 5.06. The summed E-state index contributed by atoms with van der Waals surface area (Å²) < 4.78 is 0. The Balaban J connectivity index is 1.94. The molecule has 94 valence electrons. The lowest BCUT2D eigenvalue weighted by Gasteiger charge is -2.21. The summed E-state index contributed by atoms with van der Waals surface area (Å²) >= 11 is 0. The van der Waals surface area contributed by atoms with E-state index in [2.05, 4.69) is 15.3 Å². The average Bonchev–Trinajstić information content (AvgIpc) is 2.65. The molecule has 0 spiro atoms. The number of hydrogen-bond acceptors (Lipinski definition) is 3. The summed E-state index contributed by atoms with van der Waals surface area (Å²) in [6.45, 7) is 0. The molecule has 1 aliphatic carbocycles. The molecule has 3 heteroatoms. The summed E-state index contributed by atoms with van der Waals surface area (Å²) in [4.78, 5) is 8.58. The van der Waals surface area contributed by atoms with Crippen LogP contribution in [-0.4, -0.2) is 17.0 Å². The molecule has 0 amide bonds. The molecule has 1 aromatic rings. The fraction of sp³-hybridized carbons (Fsp3) is 0.714. The highest BCUT2D eigenvalue weighted by atomic mass is 14.9. The third-order valence-corrected chi connectivity index (χ3v) is 3.83. The van der Waals surface area contributed by atoms with Crippen molar-refractivity contribution < 1.29 is 0 Å². The van der Waals surface area contributed by atoms with Crippen molar-refractivity contribution in [3.05, 3.63) is 24.3 Å². The van der Waals surface area contributed by atoms with Gasteiger partial charge in [0.1, 0.15) is 0 Å². The van der Waals surface area contributed by atoms with Gasteiger partial charge >= 0.3 is 0 Å². The molecule has 1 N–H and O–H groups in total. The van der Waals surface area contributed by atoms with Crippen molar-refractivity contribution in [2.45, 2.75) is 51.0 Å². The van der Waals surface area contributed by atoms with Crippen molar-refractivity contribution in [3.63, 3.8) is 0 Å². The van der Waals surface area contributed by atoms with Crippen LogP contribution in [0, 0.1) is 5.92 Å². The smallest absolute Gasteiger partial charge is 0.0756 e. The van der Waals surface area contributed by atoms with Gasteiger partial charge in [-0.2, -0.15) is 0 Å². The van der Waals surface area contributed by atoms with E-state index in [0.717, 1.165) is 11.6 Å². The van der Waals surface area contributed by atoms with E-state index in [1.165, 1.54) is 44.9 Å². The largest absolute Gasteiger partial charge is 0.312 e. The predicted molar refractivity (Wildman–Crippen MR) is 69.6 cm³/mol. The van der Waals surface area contributed by atoms with Crippen LogP contribution in [0.1, 0.15) is 56.7 Å². The zero-order valence-corrected chi connectivity index (χ0v) is 10.7. The van der Waals surface area contributed by atoms with Gasteiger partial charge in [-0.25, -0.2) is 0 Å². The third-order valence-electron chi connectivity index (χ3n) is 3.83. The van der Waals surface area contributed by atoms with Crippen LogP contribution in [0.5, 0.6) is 0 Å². The fourth-order valence-corrected chi connectivity index (χ4v) is 2.81. The Kier molecular flexibility index (Phi) is 4.92. The molecule has 0 aromatic carbocycles. The first kappa shape index (κ1) is 12.5. The van der Waals surface area contributed by atoms with Gasteiger partial charge in [0.15, 0.2) is 0 Å². The Morgan fingerprint density at radius 2 is 2.00 bits per heavy atom. The number of rotatable bonds is 4. The molecule has 3 nitrogen and oxygen atoms in total. The van der Waals surface area contributed by atoms with Gasteiger partial charge < -0.3 is 5.32 Å². The minimum atomic E-state index is 0.367. The van der Waals surface area contributed by atoms with Crippen LogP contribution in [0.3, 0.4) is 0 Å². The lowest BCUT2D eigenvalue weighted by molar-refractivity contribution is 0.363. The Bertz CT molecular complexity index is 305. The van der Waals surface area contributed by atoms with Crippen LogP contribution >= 0.6 is 0 Å². The number of aromatic nitrogens is 2. The maximum absolute atomic E-state index is 4.41. The first-order valence-corrected chi connectivity index (χ1v) is 6.83. The van der Waals surface area contributed by atoms with Crippen molar-refractivity contribution in [2.75, 3.05) is 7.05 Å². The molecule has 1 unspecified atom stereocenters. The van der Waals surface area contributed by atoms with Crippen molar-refractivity contribution in [3.8, 4) is 0 Å². The second kappa shape index (κ2) is 6.70. The topological polar surface area (TPSA) is 37.8 Å². The second-order valence-electron chi connectivity index (χ2n) is 5.06. The van der Waals surface area contributed by atoms with E-state index < -0.39 is 0 Å². The molecule has 0 bridgehead atoms. The van der Waals surface area contributed by atoms with Crippen LogP contribution in [0.2, 0.25) is 0 Å². The Labute approximate surface area is 104 Å². The maximum Gasteiger partial charge on any atom is 0.0756 e. The quantitative estimate of drug-likeness (QED) is 0.812. The SMILES string of the molecule is CNC(CC1CCCCCC1)c1cnccn1. The predicted octanol–water partition coefficient (Wildman–Crippen LogP) is 3.10. The molecule has 1 fully saturated rings. The monoisotopic (exact) mass is 233 g/mol. The maximum atomic E-state index is 4.41. The normalized spacial score (nSPS) is 19.8. The molecule has 1 aliphatic rings. The molecule has 2 rings (SSSR count). The molecule has 0 radical (unpaired) electrons. The molecular weight excluding hydrogens is 210 g/mol. The lowest BCUT2D eigenvalue weighted by atomic mass is 9.91. The van der Waals surface area contributed by atoms with Crippen LogP contribution in [0.15, 0.2) is 18.6 Å². The van der Waals surface area contributed by atoms with Gasteiger partial charge in [0, 0.05) is 18.6 Å². The van der Waals surface area contributed by atoms with E-state index in [4.69, 9.17) is 0 Å². The van der Waals surface area contributed by atoms with Crippen LogP contribution in [-0.2, 0) is 0 Å². The first-order valence-electron chi connectivity index (χ1n) is 6.83. The van der Waals surface area contributed by atoms with Gasteiger partial charge in [-0.15, -0.1) is 0 Å². The van der Waals surface area contributed by atoms with Gasteiger partial charge in [0.2, 0.25) is 0 Å². The van der Waals surface area contributed by atoms with Crippen molar-refractivity contribution in [1.82, 2.24) is 15.3 Å². The minimum Gasteiger partial charge on any atom is -0.312 e. The van der Waals surface area contributed by atoms with E-state index in [9.17, 15) is 0 Å². The van der Waals surface area contributed by atoms with Gasteiger partial charge in [0.25, 0.3) is 0 Å². The molecule has 0 aliphatic heterocycles. The molecule has 1 saturated carbocycles. The Morgan fingerprint density at radius 1 is 1.24 bits per heavy atom. The van der Waals surface area contributed by atoms with Crippen molar-refractivity contribution in [2.24, 2.45) is 5.92 Å². The van der Waals surface area contributed by atoms with E-state index in [1.54, 1.807) is 12.4 Å². The van der Waals surface area contributed by atoms with E-state index in [0.29, 0.717) is 6.04 Å². The summed E-state index contributed by atoms with van der Waals surface area (Å²) in [5.41, 5.74) is 1.08. The zero-order chi connectivity index (χ0) is 11.9. The summed E-state index contributed by atoms with van der Waals surface area (Å²) in [6.07, 6.45) is 15.0. The Morgan fingerprint density at radius 3 is 2.59 bits per heavy atom. The van der Waals surface area contributed by atoms with Gasteiger partial charge in [-0.1, -0.05) is 38.5 Å². The van der Waals surface area contributed by atoms with Gasteiger partial charge in [-0.3, -0.25) is 9.97 Å². The lowest BCUT2D eigenvalue weighted by Crippen LogP contribution is -2.21. The first-order chi connectivity index (χ1) is 8.40. The molecule has 1 aromatic heterocycles. The minimum absolute atomic E-state index is 0.367. The zero-order valence-electron chi connectivity index (χ0n) is 10.7.